The second-order valence-electron chi connectivity index (χ2n) is 9.52. The standard InChI is InChI=1S/C28H34N4OS/c33-26(31(23-15-7-2-8-16-23)24-17-9-3-10-18-24)21-34-28-30-29-27(22-13-5-1-6-14-22)32(28)25-19-11-4-12-20-25/h1,4-6,11-14,19-20,23-24H,2-3,7-10,15-18,21H2. The molecule has 6 heteroatoms. The van der Waals surface area contributed by atoms with Crippen LogP contribution >= 0.6 is 11.8 Å². The third kappa shape index (κ3) is 5.22. The van der Waals surface area contributed by atoms with E-state index in [4.69, 9.17) is 0 Å². The lowest BCUT2D eigenvalue weighted by Gasteiger charge is -2.41. The van der Waals surface area contributed by atoms with Crippen molar-refractivity contribution in [1.29, 1.82) is 0 Å². The van der Waals surface area contributed by atoms with Gasteiger partial charge in [0.25, 0.3) is 0 Å². The van der Waals surface area contributed by atoms with Crippen LogP contribution in [0.4, 0.5) is 0 Å². The molecule has 178 valence electrons. The van der Waals surface area contributed by atoms with Gasteiger partial charge in [-0.15, -0.1) is 10.2 Å². The molecular formula is C28H34N4OS. The fourth-order valence-corrected chi connectivity index (χ4v) is 6.39. The molecule has 0 saturated heterocycles. The Morgan fingerprint density at radius 2 is 1.35 bits per heavy atom. The van der Waals surface area contributed by atoms with Crippen LogP contribution in [0.2, 0.25) is 0 Å². The average Bonchev–Trinajstić information content (AvgIpc) is 3.34. The Bertz CT molecular complexity index is 1040. The van der Waals surface area contributed by atoms with Crippen LogP contribution in [0.15, 0.2) is 65.8 Å². The minimum Gasteiger partial charge on any atom is -0.336 e. The van der Waals surface area contributed by atoms with Crippen molar-refractivity contribution in [2.45, 2.75) is 81.4 Å². The molecule has 0 spiro atoms. The van der Waals surface area contributed by atoms with E-state index < -0.39 is 0 Å². The topological polar surface area (TPSA) is 51.0 Å². The van der Waals surface area contributed by atoms with Gasteiger partial charge < -0.3 is 4.90 Å². The number of carbonyl (C=O) groups is 1. The van der Waals surface area contributed by atoms with Crippen molar-refractivity contribution in [3.63, 3.8) is 0 Å². The highest BCUT2D eigenvalue weighted by Gasteiger charge is 2.32. The molecule has 0 N–H and O–H groups in total. The maximum Gasteiger partial charge on any atom is 0.233 e. The first-order chi connectivity index (χ1) is 16.8. The Kier molecular flexibility index (Phi) is 7.64. The van der Waals surface area contributed by atoms with E-state index in [0.717, 1.165) is 47.9 Å². The highest BCUT2D eigenvalue weighted by Crippen LogP contribution is 2.32. The second-order valence-corrected chi connectivity index (χ2v) is 10.5. The predicted octanol–water partition coefficient (Wildman–Crippen LogP) is 6.52. The van der Waals surface area contributed by atoms with Crippen molar-refractivity contribution in [2.24, 2.45) is 0 Å². The molecule has 2 saturated carbocycles. The molecule has 1 amide bonds. The number of amides is 1. The summed E-state index contributed by atoms with van der Waals surface area (Å²) in [6.45, 7) is 0. The van der Waals surface area contributed by atoms with Gasteiger partial charge in [-0.2, -0.15) is 0 Å². The summed E-state index contributed by atoms with van der Waals surface area (Å²) in [6, 6.07) is 21.2. The zero-order valence-corrected chi connectivity index (χ0v) is 20.6. The lowest BCUT2D eigenvalue weighted by atomic mass is 9.88. The molecule has 2 fully saturated rings. The average molecular weight is 475 g/mol. The Balaban J connectivity index is 1.39. The molecule has 1 heterocycles. The van der Waals surface area contributed by atoms with Crippen LogP contribution in [0.1, 0.15) is 64.2 Å². The van der Waals surface area contributed by atoms with E-state index in [1.54, 1.807) is 0 Å². The molecule has 0 atom stereocenters. The first-order valence-corrected chi connectivity index (χ1v) is 13.8. The van der Waals surface area contributed by atoms with Crippen LogP contribution in [-0.4, -0.2) is 43.4 Å². The number of thioether (sulfide) groups is 1. The van der Waals surface area contributed by atoms with E-state index in [9.17, 15) is 4.79 Å². The summed E-state index contributed by atoms with van der Waals surface area (Å²) >= 11 is 1.52. The molecule has 0 bridgehead atoms. The third-order valence-corrected chi connectivity index (χ3v) is 8.14. The van der Waals surface area contributed by atoms with Crippen molar-refractivity contribution in [3.8, 4) is 17.1 Å². The number of para-hydroxylation sites is 1. The normalized spacial score (nSPS) is 17.5. The molecule has 2 aliphatic carbocycles. The van der Waals surface area contributed by atoms with Crippen molar-refractivity contribution >= 4 is 17.7 Å². The quantitative estimate of drug-likeness (QED) is 0.366. The van der Waals surface area contributed by atoms with Gasteiger partial charge in [0, 0.05) is 23.3 Å². The summed E-state index contributed by atoms with van der Waals surface area (Å²) in [6.07, 6.45) is 12.2. The monoisotopic (exact) mass is 474 g/mol. The van der Waals surface area contributed by atoms with Gasteiger partial charge in [0.2, 0.25) is 5.91 Å². The molecule has 5 nitrogen and oxygen atoms in total. The summed E-state index contributed by atoms with van der Waals surface area (Å²) in [5.74, 6) is 1.48. The van der Waals surface area contributed by atoms with Gasteiger partial charge in [-0.05, 0) is 37.8 Å². The number of carbonyl (C=O) groups excluding carboxylic acids is 1. The predicted molar refractivity (Wildman–Crippen MR) is 138 cm³/mol. The number of aromatic nitrogens is 3. The molecular weight excluding hydrogens is 440 g/mol. The van der Waals surface area contributed by atoms with E-state index >= 15 is 0 Å². The molecule has 1 aromatic heterocycles. The van der Waals surface area contributed by atoms with Gasteiger partial charge >= 0.3 is 0 Å². The first kappa shape index (κ1) is 23.2. The fourth-order valence-electron chi connectivity index (χ4n) is 5.57. The molecule has 3 aromatic rings. The molecule has 5 rings (SSSR count). The number of hydrogen-bond acceptors (Lipinski definition) is 4. The summed E-state index contributed by atoms with van der Waals surface area (Å²) < 4.78 is 2.08. The fraction of sp³-hybridized carbons (Fsp3) is 0.464. The van der Waals surface area contributed by atoms with Crippen LogP contribution in [0.3, 0.4) is 0 Å². The van der Waals surface area contributed by atoms with Crippen molar-refractivity contribution in [3.05, 3.63) is 60.7 Å². The van der Waals surface area contributed by atoms with Gasteiger partial charge in [-0.25, -0.2) is 0 Å². The molecule has 2 aromatic carbocycles. The summed E-state index contributed by atoms with van der Waals surface area (Å²) in [4.78, 5) is 16.0. The maximum absolute atomic E-state index is 13.7. The number of hydrogen-bond donors (Lipinski definition) is 0. The molecule has 0 radical (unpaired) electrons. The third-order valence-electron chi connectivity index (χ3n) is 7.23. The Labute approximate surface area is 207 Å². The number of rotatable bonds is 7. The molecule has 2 aliphatic rings. The molecule has 34 heavy (non-hydrogen) atoms. The van der Waals surface area contributed by atoms with Gasteiger partial charge in [-0.1, -0.05) is 98.8 Å². The minimum absolute atomic E-state index is 0.271. The van der Waals surface area contributed by atoms with Crippen LogP contribution < -0.4 is 0 Å². The highest BCUT2D eigenvalue weighted by atomic mass is 32.2. The molecule has 0 unspecified atom stereocenters. The summed E-state index contributed by atoms with van der Waals surface area (Å²) in [5, 5.41) is 9.83. The zero-order chi connectivity index (χ0) is 23.2. The number of nitrogens with zero attached hydrogens (tertiary/aromatic N) is 4. The lowest BCUT2D eigenvalue weighted by molar-refractivity contribution is -0.135. The van der Waals surface area contributed by atoms with E-state index in [0.29, 0.717) is 17.8 Å². The SMILES string of the molecule is O=C(CSc1nnc(-c2ccccc2)n1-c1ccccc1)N(C1CCCCC1)C1CCCCC1. The Hall–Kier alpha value is -2.60. The minimum atomic E-state index is 0.271. The Morgan fingerprint density at radius 1 is 0.794 bits per heavy atom. The van der Waals surface area contributed by atoms with Crippen LogP contribution in [0.5, 0.6) is 0 Å². The maximum atomic E-state index is 13.7. The van der Waals surface area contributed by atoms with Crippen LogP contribution in [-0.2, 0) is 4.79 Å². The van der Waals surface area contributed by atoms with E-state index in [1.807, 2.05) is 36.4 Å². The van der Waals surface area contributed by atoms with Gasteiger partial charge in [-0.3, -0.25) is 9.36 Å². The van der Waals surface area contributed by atoms with Crippen LogP contribution in [0, 0.1) is 0 Å². The smallest absolute Gasteiger partial charge is 0.233 e. The van der Waals surface area contributed by atoms with Gasteiger partial charge in [0.15, 0.2) is 11.0 Å². The van der Waals surface area contributed by atoms with E-state index in [-0.39, 0.29) is 5.91 Å². The zero-order valence-electron chi connectivity index (χ0n) is 19.8. The second kappa shape index (κ2) is 11.2. The van der Waals surface area contributed by atoms with E-state index in [1.165, 1.54) is 50.3 Å². The summed E-state index contributed by atoms with van der Waals surface area (Å²) in [7, 11) is 0. The van der Waals surface area contributed by atoms with E-state index in [2.05, 4.69) is 43.9 Å². The van der Waals surface area contributed by atoms with Crippen molar-refractivity contribution in [1.82, 2.24) is 19.7 Å². The largest absolute Gasteiger partial charge is 0.336 e. The van der Waals surface area contributed by atoms with Crippen LogP contribution in [0.25, 0.3) is 17.1 Å². The van der Waals surface area contributed by atoms with Gasteiger partial charge in [0.05, 0.1) is 5.75 Å². The van der Waals surface area contributed by atoms with Crippen molar-refractivity contribution < 1.29 is 4.79 Å². The molecule has 0 aliphatic heterocycles. The van der Waals surface area contributed by atoms with Crippen molar-refractivity contribution in [2.75, 3.05) is 5.75 Å². The lowest BCUT2D eigenvalue weighted by Crippen LogP contribution is -2.49. The number of benzene rings is 2. The summed E-state index contributed by atoms with van der Waals surface area (Å²) in [5.41, 5.74) is 2.03. The van der Waals surface area contributed by atoms with Gasteiger partial charge in [0.1, 0.15) is 0 Å². The Morgan fingerprint density at radius 3 is 1.94 bits per heavy atom. The highest BCUT2D eigenvalue weighted by molar-refractivity contribution is 7.99. The first-order valence-electron chi connectivity index (χ1n) is 12.8.